The number of aryl methyl sites for hydroxylation is 3. The maximum absolute atomic E-state index is 10.9. The second kappa shape index (κ2) is 8.07. The molecule has 0 radical (unpaired) electrons. The highest BCUT2D eigenvalue weighted by molar-refractivity contribution is 5.58. The van der Waals surface area contributed by atoms with Crippen molar-refractivity contribution >= 4 is 6.29 Å². The summed E-state index contributed by atoms with van der Waals surface area (Å²) in [6.45, 7) is 6.63. The number of benzene rings is 1. The lowest BCUT2D eigenvalue weighted by Gasteiger charge is -2.15. The topological polar surface area (TPSA) is 17.1 Å². The molecular weight excluding hydrogens is 220 g/mol. The summed E-state index contributed by atoms with van der Waals surface area (Å²) in [7, 11) is 0. The van der Waals surface area contributed by atoms with Gasteiger partial charge in [-0.3, -0.25) is 0 Å². The first-order valence-electron chi connectivity index (χ1n) is 7.33. The molecule has 0 aliphatic carbocycles. The molecule has 0 atom stereocenters. The number of hydrogen-bond donors (Lipinski definition) is 0. The molecule has 0 spiro atoms. The third-order valence-corrected chi connectivity index (χ3v) is 3.36. The lowest BCUT2D eigenvalue weighted by molar-refractivity contribution is -0.107. The summed E-state index contributed by atoms with van der Waals surface area (Å²) in [5.41, 5.74) is 5.55. The molecule has 0 aliphatic heterocycles. The predicted molar refractivity (Wildman–Crippen MR) is 78.2 cm³/mol. The Morgan fingerprint density at radius 1 is 0.889 bits per heavy atom. The summed E-state index contributed by atoms with van der Waals surface area (Å²) in [6, 6.07) is 4.65. The zero-order valence-corrected chi connectivity index (χ0v) is 12.1. The first-order valence-corrected chi connectivity index (χ1v) is 7.33. The van der Waals surface area contributed by atoms with Gasteiger partial charge in [0.25, 0.3) is 0 Å². The van der Waals surface area contributed by atoms with Crippen LogP contribution in [0.5, 0.6) is 0 Å². The molecular formula is C17H26O. The van der Waals surface area contributed by atoms with E-state index in [4.69, 9.17) is 0 Å². The number of hydrogen-bond acceptors (Lipinski definition) is 1. The van der Waals surface area contributed by atoms with E-state index in [-0.39, 0.29) is 0 Å². The van der Waals surface area contributed by atoms with E-state index in [2.05, 4.69) is 32.9 Å². The maximum Gasteiger partial charge on any atom is 0.124 e. The van der Waals surface area contributed by atoms with Crippen molar-refractivity contribution in [2.24, 2.45) is 0 Å². The van der Waals surface area contributed by atoms with Crippen molar-refractivity contribution in [1.82, 2.24) is 0 Å². The number of rotatable bonds is 8. The van der Waals surface area contributed by atoms with E-state index in [0.29, 0.717) is 6.42 Å². The lowest BCUT2D eigenvalue weighted by atomic mass is 9.90. The average Bonchev–Trinajstić information content (AvgIpc) is 2.34. The first-order chi connectivity index (χ1) is 8.76. The monoisotopic (exact) mass is 246 g/mol. The van der Waals surface area contributed by atoms with Crippen LogP contribution in [0.3, 0.4) is 0 Å². The SMILES string of the molecule is CCCc1cc(CCC)c(CC=O)c(CCC)c1. The van der Waals surface area contributed by atoms with Crippen LogP contribution < -0.4 is 0 Å². The third-order valence-electron chi connectivity index (χ3n) is 3.36. The van der Waals surface area contributed by atoms with Crippen molar-refractivity contribution in [3.8, 4) is 0 Å². The summed E-state index contributed by atoms with van der Waals surface area (Å²) in [5.74, 6) is 0. The van der Waals surface area contributed by atoms with Gasteiger partial charge in [-0.25, -0.2) is 0 Å². The molecule has 0 unspecified atom stereocenters. The zero-order valence-electron chi connectivity index (χ0n) is 12.1. The Balaban J connectivity index is 3.19. The molecule has 0 aliphatic rings. The molecule has 18 heavy (non-hydrogen) atoms. The van der Waals surface area contributed by atoms with Gasteiger partial charge in [0.05, 0.1) is 0 Å². The van der Waals surface area contributed by atoms with E-state index < -0.39 is 0 Å². The second-order valence-corrected chi connectivity index (χ2v) is 5.01. The van der Waals surface area contributed by atoms with Gasteiger partial charge in [-0.1, -0.05) is 52.2 Å². The Morgan fingerprint density at radius 3 is 1.78 bits per heavy atom. The summed E-state index contributed by atoms with van der Waals surface area (Å²) >= 11 is 0. The van der Waals surface area contributed by atoms with Gasteiger partial charge in [0, 0.05) is 6.42 Å². The van der Waals surface area contributed by atoms with Crippen LogP contribution in [-0.4, -0.2) is 6.29 Å². The Morgan fingerprint density at radius 2 is 1.39 bits per heavy atom. The highest BCUT2D eigenvalue weighted by atomic mass is 16.1. The van der Waals surface area contributed by atoms with E-state index in [0.717, 1.165) is 38.4 Å². The third kappa shape index (κ3) is 3.97. The van der Waals surface area contributed by atoms with Crippen molar-refractivity contribution in [3.63, 3.8) is 0 Å². The molecule has 1 aromatic carbocycles. The largest absolute Gasteiger partial charge is 0.303 e. The minimum atomic E-state index is 0.580. The minimum Gasteiger partial charge on any atom is -0.303 e. The van der Waals surface area contributed by atoms with Crippen LogP contribution in [-0.2, 0) is 30.5 Å². The van der Waals surface area contributed by atoms with Gasteiger partial charge < -0.3 is 4.79 Å². The summed E-state index contributed by atoms with van der Waals surface area (Å²) in [4.78, 5) is 10.9. The fourth-order valence-corrected chi connectivity index (χ4v) is 2.63. The van der Waals surface area contributed by atoms with Gasteiger partial charge in [-0.15, -0.1) is 0 Å². The molecule has 0 bridgehead atoms. The molecule has 0 N–H and O–H groups in total. The molecule has 0 amide bonds. The van der Waals surface area contributed by atoms with E-state index in [9.17, 15) is 4.79 Å². The van der Waals surface area contributed by atoms with E-state index in [1.54, 1.807) is 0 Å². The molecule has 1 heteroatoms. The second-order valence-electron chi connectivity index (χ2n) is 5.01. The quantitative estimate of drug-likeness (QED) is 0.625. The van der Waals surface area contributed by atoms with Gasteiger partial charge in [-0.2, -0.15) is 0 Å². The fourth-order valence-electron chi connectivity index (χ4n) is 2.63. The van der Waals surface area contributed by atoms with Gasteiger partial charge in [-0.05, 0) is 41.5 Å². The van der Waals surface area contributed by atoms with Crippen LogP contribution in [0.1, 0.15) is 62.3 Å². The molecule has 1 rings (SSSR count). The Hall–Kier alpha value is -1.11. The van der Waals surface area contributed by atoms with Gasteiger partial charge in [0.2, 0.25) is 0 Å². The van der Waals surface area contributed by atoms with Crippen LogP contribution in [0.15, 0.2) is 12.1 Å². The summed E-state index contributed by atoms with van der Waals surface area (Å²) in [5, 5.41) is 0. The lowest BCUT2D eigenvalue weighted by Crippen LogP contribution is -2.04. The van der Waals surface area contributed by atoms with Crippen molar-refractivity contribution in [2.45, 2.75) is 65.7 Å². The van der Waals surface area contributed by atoms with Crippen LogP contribution in [0.2, 0.25) is 0 Å². The van der Waals surface area contributed by atoms with Crippen molar-refractivity contribution in [2.75, 3.05) is 0 Å². The highest BCUT2D eigenvalue weighted by Crippen LogP contribution is 2.22. The average molecular weight is 246 g/mol. The predicted octanol–water partition coefficient (Wildman–Crippen LogP) is 4.29. The van der Waals surface area contributed by atoms with Crippen LogP contribution in [0, 0.1) is 0 Å². The molecule has 0 aromatic heterocycles. The number of aldehydes is 1. The Labute approximate surface area is 112 Å². The minimum absolute atomic E-state index is 0.580. The van der Waals surface area contributed by atoms with Crippen LogP contribution >= 0.6 is 0 Å². The molecule has 0 saturated heterocycles. The van der Waals surface area contributed by atoms with E-state index in [1.807, 2.05) is 0 Å². The molecule has 0 saturated carbocycles. The zero-order chi connectivity index (χ0) is 13.4. The molecule has 0 heterocycles. The molecule has 100 valence electrons. The van der Waals surface area contributed by atoms with Gasteiger partial charge in [0.1, 0.15) is 6.29 Å². The summed E-state index contributed by atoms with van der Waals surface area (Å²) in [6.07, 6.45) is 8.44. The van der Waals surface area contributed by atoms with Crippen molar-refractivity contribution < 1.29 is 4.79 Å². The highest BCUT2D eigenvalue weighted by Gasteiger charge is 2.09. The smallest absolute Gasteiger partial charge is 0.124 e. The van der Waals surface area contributed by atoms with Crippen molar-refractivity contribution in [3.05, 3.63) is 34.4 Å². The van der Waals surface area contributed by atoms with Crippen LogP contribution in [0.25, 0.3) is 0 Å². The number of carbonyl (C=O) groups is 1. The molecule has 1 nitrogen and oxygen atoms in total. The normalized spacial score (nSPS) is 10.6. The molecule has 1 aromatic rings. The van der Waals surface area contributed by atoms with Crippen molar-refractivity contribution in [1.29, 1.82) is 0 Å². The van der Waals surface area contributed by atoms with Gasteiger partial charge >= 0.3 is 0 Å². The standard InChI is InChI=1S/C17H26O/c1-4-7-14-12-15(8-5-2)17(10-11-18)16(13-14)9-6-3/h11-13H,4-10H2,1-3H3. The maximum atomic E-state index is 10.9. The number of carbonyl (C=O) groups excluding carboxylic acids is 1. The fraction of sp³-hybridized carbons (Fsp3) is 0.588. The first kappa shape index (κ1) is 14.9. The molecule has 0 fully saturated rings. The van der Waals surface area contributed by atoms with E-state index in [1.165, 1.54) is 28.7 Å². The Bertz CT molecular complexity index is 352. The summed E-state index contributed by atoms with van der Waals surface area (Å²) < 4.78 is 0. The van der Waals surface area contributed by atoms with Gasteiger partial charge in [0.15, 0.2) is 0 Å². The Kier molecular flexibility index (Phi) is 6.70. The van der Waals surface area contributed by atoms with Crippen LogP contribution in [0.4, 0.5) is 0 Å². The van der Waals surface area contributed by atoms with E-state index >= 15 is 0 Å².